The van der Waals surface area contributed by atoms with E-state index in [0.717, 1.165) is 27.5 Å². The van der Waals surface area contributed by atoms with Crippen molar-refractivity contribution in [1.29, 1.82) is 0 Å². The minimum Gasteiger partial charge on any atom is -0.342 e. The van der Waals surface area contributed by atoms with Gasteiger partial charge in [-0.25, -0.2) is 9.82 Å². The SMILES string of the molecule is O=C(N/N=C\c1cn(Cc2ccc(Br)cc2)c2ccccc12)c1ccc(F)cc1. The number of carbonyl (C=O) groups is 1. The minimum atomic E-state index is -0.389. The summed E-state index contributed by atoms with van der Waals surface area (Å²) in [5, 5.41) is 5.13. The van der Waals surface area contributed by atoms with Gasteiger partial charge in [-0.2, -0.15) is 5.10 Å². The molecule has 0 fully saturated rings. The van der Waals surface area contributed by atoms with Crippen molar-refractivity contribution >= 4 is 39.0 Å². The van der Waals surface area contributed by atoms with Crippen LogP contribution in [0.2, 0.25) is 0 Å². The molecule has 1 N–H and O–H groups in total. The fourth-order valence-corrected chi connectivity index (χ4v) is 3.39. The number of aromatic nitrogens is 1. The Hall–Kier alpha value is -3.25. The van der Waals surface area contributed by atoms with Crippen LogP contribution >= 0.6 is 15.9 Å². The predicted molar refractivity (Wildman–Crippen MR) is 117 cm³/mol. The van der Waals surface area contributed by atoms with Gasteiger partial charge in [-0.15, -0.1) is 0 Å². The molecule has 0 bridgehead atoms. The summed E-state index contributed by atoms with van der Waals surface area (Å²) in [5.41, 5.74) is 6.01. The molecule has 0 spiro atoms. The highest BCUT2D eigenvalue weighted by atomic mass is 79.9. The molecule has 0 aliphatic rings. The lowest BCUT2D eigenvalue weighted by Gasteiger charge is -2.05. The van der Waals surface area contributed by atoms with Crippen molar-refractivity contribution in [3.63, 3.8) is 0 Å². The molecule has 144 valence electrons. The van der Waals surface area contributed by atoms with Gasteiger partial charge in [0.1, 0.15) is 5.82 Å². The molecular weight excluding hydrogens is 433 g/mol. The van der Waals surface area contributed by atoms with Gasteiger partial charge < -0.3 is 4.57 Å². The van der Waals surface area contributed by atoms with Crippen molar-refractivity contribution in [1.82, 2.24) is 9.99 Å². The van der Waals surface area contributed by atoms with E-state index in [-0.39, 0.29) is 11.7 Å². The first kappa shape index (κ1) is 19.1. The zero-order chi connectivity index (χ0) is 20.2. The van der Waals surface area contributed by atoms with Crippen molar-refractivity contribution in [2.75, 3.05) is 0 Å². The topological polar surface area (TPSA) is 46.4 Å². The van der Waals surface area contributed by atoms with E-state index >= 15 is 0 Å². The van der Waals surface area contributed by atoms with Gasteiger partial charge >= 0.3 is 0 Å². The molecule has 4 rings (SSSR count). The summed E-state index contributed by atoms with van der Waals surface area (Å²) in [6.45, 7) is 0.726. The minimum absolute atomic E-state index is 0.348. The van der Waals surface area contributed by atoms with Crippen LogP contribution < -0.4 is 5.43 Å². The highest BCUT2D eigenvalue weighted by molar-refractivity contribution is 9.10. The van der Waals surface area contributed by atoms with Crippen molar-refractivity contribution in [3.05, 3.63) is 106 Å². The summed E-state index contributed by atoms with van der Waals surface area (Å²) >= 11 is 3.46. The second-order valence-electron chi connectivity index (χ2n) is 6.56. The predicted octanol–water partition coefficient (Wildman–Crippen LogP) is 5.36. The number of carbonyl (C=O) groups excluding carboxylic acids is 1. The van der Waals surface area contributed by atoms with Crippen LogP contribution in [0.3, 0.4) is 0 Å². The van der Waals surface area contributed by atoms with E-state index in [1.165, 1.54) is 29.8 Å². The third-order valence-electron chi connectivity index (χ3n) is 4.56. The lowest BCUT2D eigenvalue weighted by atomic mass is 10.2. The smallest absolute Gasteiger partial charge is 0.271 e. The van der Waals surface area contributed by atoms with Crippen LogP contribution in [0.5, 0.6) is 0 Å². The standard InChI is InChI=1S/C23H17BrFN3O/c24-19-9-5-16(6-10-19)14-28-15-18(21-3-1-2-4-22(21)28)13-26-27-23(29)17-7-11-20(25)12-8-17/h1-13,15H,14H2,(H,27,29)/b26-13-. The maximum absolute atomic E-state index is 13.0. The Morgan fingerprint density at radius 3 is 2.52 bits per heavy atom. The third kappa shape index (κ3) is 4.43. The van der Waals surface area contributed by atoms with Crippen LogP contribution in [0.1, 0.15) is 21.5 Å². The molecule has 0 unspecified atom stereocenters. The normalized spacial score (nSPS) is 11.2. The number of nitrogens with zero attached hydrogens (tertiary/aromatic N) is 2. The molecule has 6 heteroatoms. The number of hydrazone groups is 1. The number of hydrogen-bond donors (Lipinski definition) is 1. The Labute approximate surface area is 175 Å². The number of rotatable bonds is 5. The van der Waals surface area contributed by atoms with E-state index < -0.39 is 0 Å². The molecule has 0 saturated carbocycles. The lowest BCUT2D eigenvalue weighted by molar-refractivity contribution is 0.0955. The Bertz CT molecular complexity index is 1180. The van der Waals surface area contributed by atoms with Crippen LogP contribution in [0.15, 0.2) is 88.6 Å². The second kappa shape index (κ2) is 8.41. The van der Waals surface area contributed by atoms with Crippen molar-refractivity contribution < 1.29 is 9.18 Å². The van der Waals surface area contributed by atoms with E-state index in [1.807, 2.05) is 36.5 Å². The molecule has 0 radical (unpaired) electrons. The molecule has 0 aliphatic carbocycles. The number of nitrogens with one attached hydrogen (secondary N) is 1. The molecule has 0 atom stereocenters. The van der Waals surface area contributed by atoms with Crippen molar-refractivity contribution in [2.45, 2.75) is 6.54 Å². The van der Waals surface area contributed by atoms with Gasteiger partial charge in [0, 0.05) is 39.2 Å². The van der Waals surface area contributed by atoms with E-state index in [0.29, 0.717) is 5.56 Å². The Morgan fingerprint density at radius 1 is 1.03 bits per heavy atom. The van der Waals surface area contributed by atoms with Crippen molar-refractivity contribution in [3.8, 4) is 0 Å². The third-order valence-corrected chi connectivity index (χ3v) is 5.09. The molecule has 4 aromatic rings. The summed E-state index contributed by atoms with van der Waals surface area (Å²) in [7, 11) is 0. The Balaban J connectivity index is 1.55. The maximum atomic E-state index is 13.0. The van der Waals surface area contributed by atoms with Crippen LogP contribution in [-0.2, 0) is 6.54 Å². The first-order valence-electron chi connectivity index (χ1n) is 9.01. The highest BCUT2D eigenvalue weighted by Gasteiger charge is 2.08. The summed E-state index contributed by atoms with van der Waals surface area (Å²) in [5.74, 6) is -0.775. The van der Waals surface area contributed by atoms with Gasteiger partial charge in [0.05, 0.1) is 6.21 Å². The fraction of sp³-hybridized carbons (Fsp3) is 0.0435. The molecule has 4 nitrogen and oxygen atoms in total. The van der Waals surface area contributed by atoms with Crippen LogP contribution in [0.4, 0.5) is 4.39 Å². The molecule has 1 amide bonds. The van der Waals surface area contributed by atoms with E-state index in [2.05, 4.69) is 49.2 Å². The van der Waals surface area contributed by atoms with Gasteiger partial charge in [-0.05, 0) is 48.0 Å². The number of para-hydroxylation sites is 1. The number of hydrogen-bond acceptors (Lipinski definition) is 2. The molecule has 1 aromatic heterocycles. The quantitative estimate of drug-likeness (QED) is 0.323. The molecular formula is C23H17BrFN3O. The zero-order valence-corrected chi connectivity index (χ0v) is 16.9. The molecule has 0 saturated heterocycles. The first-order chi connectivity index (χ1) is 14.1. The monoisotopic (exact) mass is 449 g/mol. The van der Waals surface area contributed by atoms with Crippen LogP contribution in [0, 0.1) is 5.82 Å². The summed E-state index contributed by atoms with van der Waals surface area (Å²) in [6, 6.07) is 21.6. The second-order valence-corrected chi connectivity index (χ2v) is 7.48. The average Bonchev–Trinajstić information content (AvgIpc) is 3.08. The largest absolute Gasteiger partial charge is 0.342 e. The van der Waals surface area contributed by atoms with Gasteiger partial charge in [-0.3, -0.25) is 4.79 Å². The first-order valence-corrected chi connectivity index (χ1v) is 9.81. The summed E-state index contributed by atoms with van der Waals surface area (Å²) < 4.78 is 16.2. The number of amides is 1. The van der Waals surface area contributed by atoms with Gasteiger partial charge in [-0.1, -0.05) is 46.3 Å². The average molecular weight is 450 g/mol. The molecule has 0 aliphatic heterocycles. The van der Waals surface area contributed by atoms with Gasteiger partial charge in [0.2, 0.25) is 0 Å². The summed E-state index contributed by atoms with van der Waals surface area (Å²) in [6.07, 6.45) is 3.64. The van der Waals surface area contributed by atoms with Gasteiger partial charge in [0.15, 0.2) is 0 Å². The fourth-order valence-electron chi connectivity index (χ4n) is 3.12. The lowest BCUT2D eigenvalue weighted by Crippen LogP contribution is -2.17. The molecule has 29 heavy (non-hydrogen) atoms. The number of fused-ring (bicyclic) bond motifs is 1. The van der Waals surface area contributed by atoms with Crippen molar-refractivity contribution in [2.24, 2.45) is 5.10 Å². The van der Waals surface area contributed by atoms with Crippen LogP contribution in [0.25, 0.3) is 10.9 Å². The maximum Gasteiger partial charge on any atom is 0.271 e. The van der Waals surface area contributed by atoms with E-state index in [4.69, 9.17) is 0 Å². The number of halogens is 2. The Morgan fingerprint density at radius 2 is 1.76 bits per heavy atom. The summed E-state index contributed by atoms with van der Waals surface area (Å²) in [4.78, 5) is 12.1. The van der Waals surface area contributed by atoms with E-state index in [9.17, 15) is 9.18 Å². The highest BCUT2D eigenvalue weighted by Crippen LogP contribution is 2.22. The molecule has 3 aromatic carbocycles. The zero-order valence-electron chi connectivity index (χ0n) is 15.3. The Kier molecular flexibility index (Phi) is 5.53. The van der Waals surface area contributed by atoms with Crippen LogP contribution in [-0.4, -0.2) is 16.7 Å². The molecule has 1 heterocycles. The number of benzene rings is 3. The van der Waals surface area contributed by atoms with Gasteiger partial charge in [0.25, 0.3) is 5.91 Å². The van der Waals surface area contributed by atoms with E-state index in [1.54, 1.807) is 6.21 Å².